The highest BCUT2D eigenvalue weighted by atomic mass is 16.5. The number of ketones is 1. The van der Waals surface area contributed by atoms with Crippen LogP contribution in [-0.4, -0.2) is 28.9 Å². The number of carbonyl (C=O) groups excluding carboxylic acids is 2. The normalized spacial score (nSPS) is 42.2. The van der Waals surface area contributed by atoms with Gasteiger partial charge < -0.3 is 9.84 Å². The quantitative estimate of drug-likeness (QED) is 0.582. The number of esters is 1. The van der Waals surface area contributed by atoms with E-state index in [1.165, 1.54) is 13.0 Å². The van der Waals surface area contributed by atoms with Crippen molar-refractivity contribution >= 4 is 17.7 Å². The summed E-state index contributed by atoms with van der Waals surface area (Å²) in [4.78, 5) is 35.9. The number of hydrogen-bond donors (Lipinski definition) is 1. The number of aliphatic carboxylic acids is 1. The molecule has 0 aromatic rings. The van der Waals surface area contributed by atoms with Gasteiger partial charge in [0.2, 0.25) is 0 Å². The van der Waals surface area contributed by atoms with Gasteiger partial charge in [0.05, 0.1) is 0 Å². The van der Waals surface area contributed by atoms with E-state index in [1.807, 2.05) is 6.92 Å². The lowest BCUT2D eigenvalue weighted by Gasteiger charge is -2.62. The Morgan fingerprint density at radius 1 is 1.22 bits per heavy atom. The monoisotopic (exact) mass is 376 g/mol. The van der Waals surface area contributed by atoms with E-state index in [0.29, 0.717) is 6.42 Å². The van der Waals surface area contributed by atoms with Crippen molar-refractivity contribution in [3.05, 3.63) is 11.6 Å². The Hall–Kier alpha value is -1.65. The molecule has 3 saturated carbocycles. The number of allylic oxidation sites excluding steroid dienone is 1. The molecular weight excluding hydrogens is 344 g/mol. The van der Waals surface area contributed by atoms with Crippen LogP contribution in [-0.2, 0) is 19.1 Å². The Bertz CT molecular complexity index is 691. The van der Waals surface area contributed by atoms with Crippen molar-refractivity contribution in [1.29, 1.82) is 0 Å². The van der Waals surface area contributed by atoms with Crippen molar-refractivity contribution in [2.24, 2.45) is 34.5 Å². The summed E-state index contributed by atoms with van der Waals surface area (Å²) in [5.74, 6) is -0.595. The molecule has 6 atom stereocenters. The molecule has 0 spiro atoms. The minimum Gasteiger partial charge on any atom is -0.478 e. The van der Waals surface area contributed by atoms with Crippen LogP contribution in [0.5, 0.6) is 0 Å². The number of carboxylic acid groups (broad SMARTS) is 1. The van der Waals surface area contributed by atoms with Crippen LogP contribution >= 0.6 is 0 Å². The molecule has 150 valence electrons. The number of fused-ring (bicyclic) bond motifs is 3. The third-order valence-electron chi connectivity index (χ3n) is 8.01. The van der Waals surface area contributed by atoms with Gasteiger partial charge in [0.15, 0.2) is 0 Å². The molecule has 3 aliphatic carbocycles. The lowest BCUT2D eigenvalue weighted by Crippen LogP contribution is -2.60. The predicted octanol–water partition coefficient (Wildman–Crippen LogP) is 4.01. The van der Waals surface area contributed by atoms with Crippen LogP contribution in [0, 0.1) is 34.5 Å². The SMILES string of the molecule is CC(=O)O[C@H]1CC[C@]2(C)[C@H]3CC/C(=C\C(=O)O)[C@H](C)[C@@H]3C(=O)C[C@H]2C1(C)C. The van der Waals surface area contributed by atoms with E-state index in [-0.39, 0.29) is 52.4 Å². The zero-order chi connectivity index (χ0) is 20.1. The van der Waals surface area contributed by atoms with Gasteiger partial charge in [-0.25, -0.2) is 4.79 Å². The second kappa shape index (κ2) is 6.75. The summed E-state index contributed by atoms with van der Waals surface area (Å²) in [5.41, 5.74) is 0.661. The zero-order valence-corrected chi connectivity index (χ0v) is 17.1. The van der Waals surface area contributed by atoms with Gasteiger partial charge >= 0.3 is 11.9 Å². The van der Waals surface area contributed by atoms with Crippen LogP contribution < -0.4 is 0 Å². The van der Waals surface area contributed by atoms with Crippen molar-refractivity contribution in [2.75, 3.05) is 0 Å². The van der Waals surface area contributed by atoms with Crippen molar-refractivity contribution < 1.29 is 24.2 Å². The van der Waals surface area contributed by atoms with E-state index in [9.17, 15) is 14.4 Å². The average Bonchev–Trinajstić information content (AvgIpc) is 2.54. The van der Waals surface area contributed by atoms with E-state index in [1.54, 1.807) is 0 Å². The van der Waals surface area contributed by atoms with Gasteiger partial charge in [-0.1, -0.05) is 33.3 Å². The fraction of sp³-hybridized carbons (Fsp3) is 0.773. The van der Waals surface area contributed by atoms with Crippen molar-refractivity contribution in [1.82, 2.24) is 0 Å². The van der Waals surface area contributed by atoms with E-state index in [0.717, 1.165) is 31.3 Å². The number of ether oxygens (including phenoxy) is 1. The van der Waals surface area contributed by atoms with Crippen molar-refractivity contribution in [3.63, 3.8) is 0 Å². The summed E-state index contributed by atoms with van der Waals surface area (Å²) < 4.78 is 5.63. The second-order valence-corrected chi connectivity index (χ2v) is 9.70. The number of carboxylic acids is 1. The van der Waals surface area contributed by atoms with Crippen molar-refractivity contribution in [2.45, 2.75) is 72.8 Å². The number of Topliss-reactive ketones (excluding diaryl/α,β-unsaturated/α-hetero) is 1. The smallest absolute Gasteiger partial charge is 0.328 e. The van der Waals surface area contributed by atoms with Crippen LogP contribution in [0.1, 0.15) is 66.7 Å². The summed E-state index contributed by atoms with van der Waals surface area (Å²) in [7, 11) is 0. The predicted molar refractivity (Wildman–Crippen MR) is 101 cm³/mol. The number of carbonyl (C=O) groups is 3. The molecule has 0 amide bonds. The highest BCUT2D eigenvalue weighted by molar-refractivity contribution is 5.85. The van der Waals surface area contributed by atoms with Gasteiger partial charge in [0.25, 0.3) is 0 Å². The molecule has 0 aromatic carbocycles. The zero-order valence-electron chi connectivity index (χ0n) is 17.1. The highest BCUT2D eigenvalue weighted by Crippen LogP contribution is 2.64. The maximum atomic E-state index is 13.2. The van der Waals surface area contributed by atoms with E-state index < -0.39 is 5.97 Å². The first kappa shape index (κ1) is 20.1. The first-order valence-corrected chi connectivity index (χ1v) is 10.1. The summed E-state index contributed by atoms with van der Waals surface area (Å²) in [6.45, 7) is 10.1. The van der Waals surface area contributed by atoms with Crippen LogP contribution in [0.4, 0.5) is 0 Å². The first-order chi connectivity index (χ1) is 12.5. The molecule has 5 heteroatoms. The van der Waals surface area contributed by atoms with Crippen LogP contribution in [0.2, 0.25) is 0 Å². The van der Waals surface area contributed by atoms with Gasteiger partial charge in [-0.05, 0) is 48.9 Å². The third kappa shape index (κ3) is 3.23. The molecule has 3 rings (SSSR count). The molecule has 0 bridgehead atoms. The van der Waals surface area contributed by atoms with Crippen LogP contribution in [0.3, 0.4) is 0 Å². The standard InChI is InChI=1S/C22H32O5/c1-12-14(10-19(25)26)6-7-15-20(12)16(24)11-17-21(3,4)18(27-13(2)23)8-9-22(15,17)5/h10,12,15,17-18,20H,6-9,11H2,1-5H3,(H,25,26)/b14-10+/t12-,15-,17-,18-,20-,22+/m0/s1. The van der Waals surface area contributed by atoms with Gasteiger partial charge in [-0.3, -0.25) is 9.59 Å². The largest absolute Gasteiger partial charge is 0.478 e. The Balaban J connectivity index is 1.94. The third-order valence-corrected chi connectivity index (χ3v) is 8.01. The number of hydrogen-bond acceptors (Lipinski definition) is 4. The Labute approximate surface area is 161 Å². The topological polar surface area (TPSA) is 80.7 Å². The molecule has 0 heterocycles. The molecule has 3 aliphatic rings. The molecule has 27 heavy (non-hydrogen) atoms. The molecule has 0 radical (unpaired) electrons. The molecule has 0 saturated heterocycles. The summed E-state index contributed by atoms with van der Waals surface area (Å²) in [6.07, 6.45) is 5.03. The minimum absolute atomic E-state index is 0.0144. The second-order valence-electron chi connectivity index (χ2n) is 9.70. The Morgan fingerprint density at radius 2 is 1.89 bits per heavy atom. The first-order valence-electron chi connectivity index (χ1n) is 10.1. The lowest BCUT2D eigenvalue weighted by atomic mass is 9.42. The average molecular weight is 376 g/mol. The van der Waals surface area contributed by atoms with Gasteiger partial charge in [-0.2, -0.15) is 0 Å². The maximum absolute atomic E-state index is 13.2. The van der Waals surface area contributed by atoms with Gasteiger partial charge in [0.1, 0.15) is 11.9 Å². The fourth-order valence-corrected chi connectivity index (χ4v) is 6.66. The van der Waals surface area contributed by atoms with Crippen LogP contribution in [0.15, 0.2) is 11.6 Å². The van der Waals surface area contributed by atoms with Gasteiger partial charge in [0, 0.05) is 30.8 Å². The highest BCUT2D eigenvalue weighted by Gasteiger charge is 2.61. The van der Waals surface area contributed by atoms with E-state index in [2.05, 4.69) is 20.8 Å². The maximum Gasteiger partial charge on any atom is 0.328 e. The fourth-order valence-electron chi connectivity index (χ4n) is 6.66. The minimum atomic E-state index is -0.925. The molecule has 0 aromatic heterocycles. The van der Waals surface area contributed by atoms with Crippen LogP contribution in [0.25, 0.3) is 0 Å². The molecule has 0 aliphatic heterocycles. The van der Waals surface area contributed by atoms with E-state index >= 15 is 0 Å². The molecule has 0 unspecified atom stereocenters. The lowest BCUT2D eigenvalue weighted by molar-refractivity contribution is -0.187. The summed E-state index contributed by atoms with van der Waals surface area (Å²) in [6, 6.07) is 0. The Kier molecular flexibility index (Phi) is 5.02. The van der Waals surface area contributed by atoms with E-state index in [4.69, 9.17) is 9.84 Å². The number of rotatable bonds is 2. The molecular formula is C22H32O5. The van der Waals surface area contributed by atoms with Gasteiger partial charge in [-0.15, -0.1) is 0 Å². The molecule has 3 fully saturated rings. The van der Waals surface area contributed by atoms with Crippen molar-refractivity contribution in [3.8, 4) is 0 Å². The molecule has 1 N–H and O–H groups in total. The summed E-state index contributed by atoms with van der Waals surface area (Å²) in [5, 5.41) is 9.15. The summed E-state index contributed by atoms with van der Waals surface area (Å²) >= 11 is 0. The Morgan fingerprint density at radius 3 is 2.48 bits per heavy atom. The molecule has 5 nitrogen and oxygen atoms in total.